The van der Waals surface area contributed by atoms with Gasteiger partial charge in [0.2, 0.25) is 0 Å². The van der Waals surface area contributed by atoms with Gasteiger partial charge >= 0.3 is 7.12 Å². The van der Waals surface area contributed by atoms with Crippen molar-refractivity contribution in [1.82, 2.24) is 0 Å². The van der Waals surface area contributed by atoms with Gasteiger partial charge in [0.05, 0.1) is 11.2 Å². The zero-order valence-corrected chi connectivity index (χ0v) is 11.1. The van der Waals surface area contributed by atoms with Gasteiger partial charge in [0.25, 0.3) is 0 Å². The van der Waals surface area contributed by atoms with Crippen LogP contribution in [0.2, 0.25) is 0 Å². The van der Waals surface area contributed by atoms with Crippen LogP contribution in [-0.2, 0) is 9.31 Å². The van der Waals surface area contributed by atoms with Gasteiger partial charge in [0, 0.05) is 0 Å². The normalized spacial score (nSPS) is 21.4. The first kappa shape index (κ1) is 15.2. The minimum absolute atomic E-state index is 0.181. The van der Waals surface area contributed by atoms with Gasteiger partial charge in [0.15, 0.2) is 0 Å². The summed E-state index contributed by atoms with van der Waals surface area (Å²) in [6, 6.07) is 0. The predicted molar refractivity (Wildman–Crippen MR) is 71.3 cm³/mol. The molecule has 0 radical (unpaired) electrons. The monoisotopic (exact) mass is 222 g/mol. The van der Waals surface area contributed by atoms with Crippen molar-refractivity contribution in [2.24, 2.45) is 0 Å². The van der Waals surface area contributed by atoms with Gasteiger partial charge in [-0.05, 0) is 34.6 Å². The highest BCUT2D eigenvalue weighted by atomic mass is 16.7. The maximum atomic E-state index is 5.70. The molecule has 0 aromatic carbocycles. The van der Waals surface area contributed by atoms with E-state index in [1.807, 2.05) is 19.0 Å². The van der Waals surface area contributed by atoms with Gasteiger partial charge in [0.1, 0.15) is 0 Å². The summed E-state index contributed by atoms with van der Waals surface area (Å²) in [4.78, 5) is 0. The summed E-state index contributed by atoms with van der Waals surface area (Å²) in [7, 11) is -0.181. The van der Waals surface area contributed by atoms with E-state index in [1.54, 1.807) is 12.2 Å². The smallest absolute Gasteiger partial charge is 0.400 e. The largest absolute Gasteiger partial charge is 0.486 e. The molecule has 2 nitrogen and oxygen atoms in total. The van der Waals surface area contributed by atoms with Crippen LogP contribution in [0.1, 0.15) is 34.6 Å². The third kappa shape index (κ3) is 3.99. The fraction of sp³-hybridized carbons (Fsp3) is 0.538. The molecular formula is C13H23BO2. The maximum absolute atomic E-state index is 5.70. The number of rotatable bonds is 2. The van der Waals surface area contributed by atoms with E-state index in [4.69, 9.17) is 9.31 Å². The lowest BCUT2D eigenvalue weighted by Gasteiger charge is -2.32. The molecule has 0 amide bonds. The lowest BCUT2D eigenvalue weighted by atomic mass is 9.90. The van der Waals surface area contributed by atoms with Gasteiger partial charge in [-0.2, -0.15) is 0 Å². The van der Waals surface area contributed by atoms with Gasteiger partial charge in [-0.15, -0.1) is 0 Å². The standard InChI is InChI=1S/C9H17BO2.C4H6/c1-6-7-10-11-8(2,3)9(4,5)12-10;1-3-4-2/h6-7H,1-5H3;3-4H,1-2H2/b7-6-;. The SMILES string of the molecule is C/C=C\B1OC(C)(C)C(C)(C)O1.C=CC=C. The zero-order chi connectivity index (χ0) is 12.8. The van der Waals surface area contributed by atoms with E-state index in [1.165, 1.54) is 0 Å². The Kier molecular flexibility index (Phi) is 5.77. The van der Waals surface area contributed by atoms with E-state index in [0.29, 0.717) is 0 Å². The lowest BCUT2D eigenvalue weighted by molar-refractivity contribution is 0.00578. The summed E-state index contributed by atoms with van der Waals surface area (Å²) in [5.41, 5.74) is -0.422. The van der Waals surface area contributed by atoms with Crippen LogP contribution in [0.15, 0.2) is 37.4 Å². The van der Waals surface area contributed by atoms with Crippen LogP contribution in [0, 0.1) is 0 Å². The summed E-state index contributed by atoms with van der Waals surface area (Å²) in [5.74, 6) is 1.93. The molecule has 0 aliphatic carbocycles. The predicted octanol–water partition coefficient (Wildman–Crippen LogP) is 3.55. The minimum Gasteiger partial charge on any atom is -0.400 e. The average Bonchev–Trinajstić information content (AvgIpc) is 2.36. The molecule has 0 aromatic rings. The van der Waals surface area contributed by atoms with Crippen molar-refractivity contribution in [3.05, 3.63) is 37.4 Å². The average molecular weight is 222 g/mol. The number of allylic oxidation sites excluding steroid dienone is 3. The zero-order valence-electron chi connectivity index (χ0n) is 11.1. The highest BCUT2D eigenvalue weighted by Crippen LogP contribution is 2.36. The van der Waals surface area contributed by atoms with E-state index < -0.39 is 0 Å². The minimum atomic E-state index is -0.211. The Labute approximate surface area is 100 Å². The summed E-state index contributed by atoms with van der Waals surface area (Å²) >= 11 is 0. The van der Waals surface area contributed by atoms with Gasteiger partial charge in [-0.1, -0.05) is 37.4 Å². The second kappa shape index (κ2) is 6.07. The van der Waals surface area contributed by atoms with Crippen molar-refractivity contribution in [1.29, 1.82) is 0 Å². The molecule has 1 heterocycles. The lowest BCUT2D eigenvalue weighted by Crippen LogP contribution is -2.41. The Hall–Kier alpha value is -0.795. The molecule has 1 fully saturated rings. The molecular weight excluding hydrogens is 199 g/mol. The Morgan fingerprint density at radius 2 is 1.31 bits per heavy atom. The van der Waals surface area contributed by atoms with Crippen molar-refractivity contribution in [2.75, 3.05) is 0 Å². The third-order valence-corrected chi connectivity index (χ3v) is 2.79. The molecule has 0 bridgehead atoms. The molecule has 0 saturated carbocycles. The molecule has 1 aliphatic rings. The van der Waals surface area contributed by atoms with Crippen molar-refractivity contribution in [2.45, 2.75) is 45.8 Å². The Bertz CT molecular complexity index is 245. The Morgan fingerprint density at radius 1 is 0.938 bits per heavy atom. The second-order valence-electron chi connectivity index (χ2n) is 4.62. The van der Waals surface area contributed by atoms with Crippen LogP contribution in [-0.4, -0.2) is 18.3 Å². The molecule has 16 heavy (non-hydrogen) atoms. The fourth-order valence-corrected chi connectivity index (χ4v) is 1.12. The summed E-state index contributed by atoms with van der Waals surface area (Å²) in [6.07, 6.45) is 5.22. The second-order valence-corrected chi connectivity index (χ2v) is 4.62. The van der Waals surface area contributed by atoms with Gasteiger partial charge in [-0.3, -0.25) is 0 Å². The van der Waals surface area contributed by atoms with E-state index in [0.717, 1.165) is 0 Å². The molecule has 90 valence electrons. The first-order valence-electron chi connectivity index (χ1n) is 5.52. The number of hydrogen-bond donors (Lipinski definition) is 0. The highest BCUT2D eigenvalue weighted by Gasteiger charge is 2.49. The molecule has 0 spiro atoms. The van der Waals surface area contributed by atoms with Gasteiger partial charge in [-0.25, -0.2) is 0 Å². The van der Waals surface area contributed by atoms with E-state index >= 15 is 0 Å². The molecule has 3 heteroatoms. The fourth-order valence-electron chi connectivity index (χ4n) is 1.12. The summed E-state index contributed by atoms with van der Waals surface area (Å²) in [5, 5.41) is 0. The van der Waals surface area contributed by atoms with Crippen molar-refractivity contribution in [3.8, 4) is 0 Å². The van der Waals surface area contributed by atoms with Crippen LogP contribution in [0.25, 0.3) is 0 Å². The topological polar surface area (TPSA) is 18.5 Å². The molecule has 0 N–H and O–H groups in total. The molecule has 1 rings (SSSR count). The van der Waals surface area contributed by atoms with Crippen molar-refractivity contribution >= 4 is 7.12 Å². The number of hydrogen-bond acceptors (Lipinski definition) is 2. The first-order valence-corrected chi connectivity index (χ1v) is 5.52. The van der Waals surface area contributed by atoms with Crippen LogP contribution in [0.3, 0.4) is 0 Å². The highest BCUT2D eigenvalue weighted by molar-refractivity contribution is 6.51. The van der Waals surface area contributed by atoms with E-state index in [9.17, 15) is 0 Å². The van der Waals surface area contributed by atoms with Crippen LogP contribution >= 0.6 is 0 Å². The molecule has 0 unspecified atom stereocenters. The summed E-state index contributed by atoms with van der Waals surface area (Å²) < 4.78 is 11.4. The van der Waals surface area contributed by atoms with Crippen LogP contribution in [0.4, 0.5) is 0 Å². The van der Waals surface area contributed by atoms with Crippen LogP contribution in [0.5, 0.6) is 0 Å². The van der Waals surface area contributed by atoms with Crippen molar-refractivity contribution in [3.63, 3.8) is 0 Å². The summed E-state index contributed by atoms with van der Waals surface area (Å²) in [6.45, 7) is 16.9. The first-order chi connectivity index (χ1) is 7.30. The Morgan fingerprint density at radius 3 is 1.56 bits per heavy atom. The van der Waals surface area contributed by atoms with E-state index in [2.05, 4.69) is 40.9 Å². The van der Waals surface area contributed by atoms with Crippen molar-refractivity contribution < 1.29 is 9.31 Å². The molecule has 1 saturated heterocycles. The van der Waals surface area contributed by atoms with E-state index in [-0.39, 0.29) is 18.3 Å². The molecule has 1 aliphatic heterocycles. The molecule has 0 atom stereocenters. The quantitative estimate of drug-likeness (QED) is 0.525. The third-order valence-electron chi connectivity index (χ3n) is 2.79. The van der Waals surface area contributed by atoms with Crippen LogP contribution < -0.4 is 0 Å². The van der Waals surface area contributed by atoms with Gasteiger partial charge < -0.3 is 9.31 Å². The molecule has 0 aromatic heterocycles. The Balaban J connectivity index is 0.000000487. The maximum Gasteiger partial charge on any atom is 0.486 e.